The largest absolute Gasteiger partial charge is 0.491 e. The first-order valence-electron chi connectivity index (χ1n) is 8.03. The van der Waals surface area contributed by atoms with Crippen LogP contribution < -0.4 is 5.32 Å². The van der Waals surface area contributed by atoms with Crippen LogP contribution in [0.2, 0.25) is 5.02 Å². The summed E-state index contributed by atoms with van der Waals surface area (Å²) in [6.45, 7) is 0.389. The van der Waals surface area contributed by atoms with Crippen molar-refractivity contribution in [2.75, 3.05) is 7.11 Å². The van der Waals surface area contributed by atoms with Crippen molar-refractivity contribution in [3.05, 3.63) is 83.0 Å². The van der Waals surface area contributed by atoms with Crippen LogP contribution in [0.15, 0.2) is 66.7 Å². The Morgan fingerprint density at radius 2 is 2.23 bits per heavy atom. The molecule has 0 bridgehead atoms. The van der Waals surface area contributed by atoms with E-state index in [-0.39, 0.29) is 11.7 Å². The van der Waals surface area contributed by atoms with Crippen molar-refractivity contribution in [2.45, 2.75) is 6.54 Å². The molecule has 3 aromatic rings. The van der Waals surface area contributed by atoms with Crippen LogP contribution in [0, 0.1) is 0 Å². The van der Waals surface area contributed by atoms with Crippen LogP contribution in [0.1, 0.15) is 11.3 Å². The molecule has 0 atom stereocenters. The first-order valence-corrected chi connectivity index (χ1v) is 8.41. The summed E-state index contributed by atoms with van der Waals surface area (Å²) in [6, 6.07) is 11.4. The van der Waals surface area contributed by atoms with Gasteiger partial charge in [-0.1, -0.05) is 23.7 Å². The van der Waals surface area contributed by atoms with Crippen LogP contribution in [0.25, 0.3) is 17.0 Å². The molecule has 6 heteroatoms. The number of hydrogen-bond donors (Lipinski definition) is 2. The Morgan fingerprint density at radius 3 is 3.00 bits per heavy atom. The molecule has 3 rings (SSSR count). The van der Waals surface area contributed by atoms with Gasteiger partial charge in [-0.15, -0.1) is 0 Å². The molecule has 0 saturated carbocycles. The second kappa shape index (κ2) is 8.36. The number of nitrogens with zero attached hydrogens (tertiary/aromatic N) is 1. The topological polar surface area (TPSA) is 67.0 Å². The molecule has 2 heterocycles. The second-order valence-electron chi connectivity index (χ2n) is 5.59. The minimum atomic E-state index is -0.288. The van der Waals surface area contributed by atoms with Crippen molar-refractivity contribution in [2.24, 2.45) is 0 Å². The maximum Gasteiger partial charge on any atom is 0.286 e. The fourth-order valence-corrected chi connectivity index (χ4v) is 2.64. The number of allylic oxidation sites excluding steroid dienone is 2. The van der Waals surface area contributed by atoms with Crippen molar-refractivity contribution in [1.29, 1.82) is 0 Å². The van der Waals surface area contributed by atoms with Crippen LogP contribution in [-0.4, -0.2) is 23.0 Å². The molecule has 0 aliphatic carbocycles. The SMILES string of the molecule is CO/C(=C\C=C\c1cc2cc(Cl)ccc2[nH]1)C(=O)NCc1cccnc1. The Kier molecular flexibility index (Phi) is 5.71. The van der Waals surface area contributed by atoms with Crippen LogP contribution in [0.5, 0.6) is 0 Å². The zero-order chi connectivity index (χ0) is 18.4. The lowest BCUT2D eigenvalue weighted by molar-refractivity contribution is -0.120. The molecule has 1 aromatic carbocycles. The molecule has 0 aliphatic heterocycles. The highest BCUT2D eigenvalue weighted by molar-refractivity contribution is 6.31. The third-order valence-electron chi connectivity index (χ3n) is 3.75. The Morgan fingerprint density at radius 1 is 1.35 bits per heavy atom. The number of ether oxygens (including phenoxy) is 1. The zero-order valence-electron chi connectivity index (χ0n) is 14.2. The number of hydrogen-bond acceptors (Lipinski definition) is 3. The van der Waals surface area contributed by atoms with E-state index in [9.17, 15) is 4.79 Å². The number of nitrogens with one attached hydrogen (secondary N) is 2. The second-order valence-corrected chi connectivity index (χ2v) is 6.03. The molecule has 2 aromatic heterocycles. The fraction of sp³-hybridized carbons (Fsp3) is 0.100. The molecule has 1 amide bonds. The first kappa shape index (κ1) is 17.8. The number of aromatic amines is 1. The number of rotatable bonds is 6. The highest BCUT2D eigenvalue weighted by atomic mass is 35.5. The van der Waals surface area contributed by atoms with Gasteiger partial charge in [-0.25, -0.2) is 0 Å². The van der Waals surface area contributed by atoms with E-state index in [1.54, 1.807) is 24.5 Å². The Balaban J connectivity index is 1.65. The molecule has 132 valence electrons. The van der Waals surface area contributed by atoms with Crippen LogP contribution in [0.4, 0.5) is 0 Å². The molecule has 0 fully saturated rings. The van der Waals surface area contributed by atoms with Gasteiger partial charge in [0, 0.05) is 40.6 Å². The molecule has 0 spiro atoms. The van der Waals surface area contributed by atoms with E-state index in [2.05, 4.69) is 15.3 Å². The van der Waals surface area contributed by atoms with Crippen LogP contribution >= 0.6 is 11.6 Å². The molecule has 0 aliphatic rings. The van der Waals surface area contributed by atoms with E-state index in [1.165, 1.54) is 7.11 Å². The van der Waals surface area contributed by atoms with Gasteiger partial charge in [-0.3, -0.25) is 9.78 Å². The van der Waals surface area contributed by atoms with Crippen molar-refractivity contribution >= 4 is 34.5 Å². The number of methoxy groups -OCH3 is 1. The summed E-state index contributed by atoms with van der Waals surface area (Å²) in [7, 11) is 1.47. The number of amides is 1. The monoisotopic (exact) mass is 367 g/mol. The smallest absolute Gasteiger partial charge is 0.286 e. The number of fused-ring (bicyclic) bond motifs is 1. The number of benzene rings is 1. The number of carbonyl (C=O) groups excluding carboxylic acids is 1. The number of carbonyl (C=O) groups is 1. The standard InChI is InChI=1S/C20H18ClN3O2/c1-26-19(20(25)23-13-14-4-3-9-22-12-14)6-2-5-17-11-15-10-16(21)7-8-18(15)24-17/h2-12,24H,13H2,1H3,(H,23,25)/b5-2+,19-6-. The average Bonchev–Trinajstić information content (AvgIpc) is 3.06. The minimum absolute atomic E-state index is 0.226. The van der Waals surface area contributed by atoms with Gasteiger partial charge in [-0.05, 0) is 48.0 Å². The normalized spacial score (nSPS) is 11.8. The summed E-state index contributed by atoms with van der Waals surface area (Å²) >= 11 is 6.00. The Labute approximate surface area is 156 Å². The maximum atomic E-state index is 12.2. The number of H-pyrrole nitrogens is 1. The third-order valence-corrected chi connectivity index (χ3v) is 3.98. The van der Waals surface area contributed by atoms with Crippen molar-refractivity contribution in [1.82, 2.24) is 15.3 Å². The molecular formula is C20H18ClN3O2. The quantitative estimate of drug-likeness (QED) is 0.392. The summed E-state index contributed by atoms with van der Waals surface area (Å²) in [5, 5.41) is 4.52. The minimum Gasteiger partial charge on any atom is -0.491 e. The number of aromatic nitrogens is 2. The van der Waals surface area contributed by atoms with E-state index in [0.29, 0.717) is 11.6 Å². The van der Waals surface area contributed by atoms with Crippen LogP contribution in [0.3, 0.4) is 0 Å². The van der Waals surface area contributed by atoms with Crippen molar-refractivity contribution in [3.63, 3.8) is 0 Å². The van der Waals surface area contributed by atoms with Gasteiger partial charge < -0.3 is 15.0 Å². The lowest BCUT2D eigenvalue weighted by Crippen LogP contribution is -2.25. The number of halogens is 1. The summed E-state index contributed by atoms with van der Waals surface area (Å²) in [5.74, 6) is -0.0614. The van der Waals surface area contributed by atoms with E-state index in [0.717, 1.165) is 22.2 Å². The van der Waals surface area contributed by atoms with E-state index < -0.39 is 0 Å². The lowest BCUT2D eigenvalue weighted by Gasteiger charge is -2.07. The van der Waals surface area contributed by atoms with Gasteiger partial charge in [0.25, 0.3) is 5.91 Å². The average molecular weight is 368 g/mol. The molecule has 5 nitrogen and oxygen atoms in total. The molecule has 2 N–H and O–H groups in total. The molecule has 26 heavy (non-hydrogen) atoms. The van der Waals surface area contributed by atoms with Gasteiger partial charge in [0.2, 0.25) is 0 Å². The van der Waals surface area contributed by atoms with E-state index in [1.807, 2.05) is 42.5 Å². The third kappa shape index (κ3) is 4.52. The maximum absolute atomic E-state index is 12.2. The Bertz CT molecular complexity index is 962. The predicted molar refractivity (Wildman–Crippen MR) is 104 cm³/mol. The van der Waals surface area contributed by atoms with Crippen molar-refractivity contribution in [3.8, 4) is 0 Å². The highest BCUT2D eigenvalue weighted by Gasteiger charge is 2.08. The summed E-state index contributed by atoms with van der Waals surface area (Å²) < 4.78 is 5.17. The summed E-state index contributed by atoms with van der Waals surface area (Å²) in [5.41, 5.74) is 2.83. The number of pyridine rings is 1. The molecule has 0 saturated heterocycles. The van der Waals surface area contributed by atoms with Gasteiger partial charge in [0.1, 0.15) is 0 Å². The van der Waals surface area contributed by atoms with Crippen molar-refractivity contribution < 1.29 is 9.53 Å². The summed E-state index contributed by atoms with van der Waals surface area (Å²) in [6.07, 6.45) is 8.64. The Hall–Kier alpha value is -3.05. The first-order chi connectivity index (χ1) is 12.7. The molecule has 0 unspecified atom stereocenters. The summed E-state index contributed by atoms with van der Waals surface area (Å²) in [4.78, 5) is 19.5. The van der Waals surface area contributed by atoms with Crippen LogP contribution in [-0.2, 0) is 16.1 Å². The van der Waals surface area contributed by atoms with Gasteiger partial charge in [-0.2, -0.15) is 0 Å². The molecule has 0 radical (unpaired) electrons. The zero-order valence-corrected chi connectivity index (χ0v) is 15.0. The fourth-order valence-electron chi connectivity index (χ4n) is 2.46. The lowest BCUT2D eigenvalue weighted by atomic mass is 10.2. The predicted octanol–water partition coefficient (Wildman–Crippen LogP) is 4.08. The highest BCUT2D eigenvalue weighted by Crippen LogP contribution is 2.20. The van der Waals surface area contributed by atoms with Gasteiger partial charge in [0.05, 0.1) is 7.11 Å². The van der Waals surface area contributed by atoms with E-state index >= 15 is 0 Å². The van der Waals surface area contributed by atoms with Gasteiger partial charge >= 0.3 is 0 Å². The van der Waals surface area contributed by atoms with Gasteiger partial charge in [0.15, 0.2) is 5.76 Å². The van der Waals surface area contributed by atoms with E-state index in [4.69, 9.17) is 16.3 Å². The molecular weight excluding hydrogens is 350 g/mol.